The molecule has 1 aromatic rings. The fourth-order valence-corrected chi connectivity index (χ4v) is 3.39. The van der Waals surface area contributed by atoms with Crippen molar-refractivity contribution in [3.05, 3.63) is 29.8 Å². The molecule has 0 saturated carbocycles. The molecule has 3 rings (SSSR count). The standard InChI is InChI=1S/C16H24N2.ClH/c1-2-3-10-17-11-12-18-15(13-17)9-8-14-6-4-5-7-16(14)18;/h4-7,15H,2-3,8-13H2,1H3;1H. The number of hydrogen-bond donors (Lipinski definition) is 0. The van der Waals surface area contributed by atoms with Gasteiger partial charge in [-0.1, -0.05) is 31.5 Å². The van der Waals surface area contributed by atoms with Gasteiger partial charge in [0.15, 0.2) is 0 Å². The number of fused-ring (bicyclic) bond motifs is 3. The molecule has 2 nitrogen and oxygen atoms in total. The van der Waals surface area contributed by atoms with Crippen LogP contribution < -0.4 is 4.90 Å². The zero-order valence-electron chi connectivity index (χ0n) is 11.8. The highest BCUT2D eigenvalue weighted by Crippen LogP contribution is 2.32. The van der Waals surface area contributed by atoms with Crippen LogP contribution in [0.2, 0.25) is 0 Å². The van der Waals surface area contributed by atoms with Crippen molar-refractivity contribution >= 4 is 18.1 Å². The minimum absolute atomic E-state index is 0. The van der Waals surface area contributed by atoms with E-state index in [4.69, 9.17) is 0 Å². The lowest BCUT2D eigenvalue weighted by Crippen LogP contribution is -2.55. The van der Waals surface area contributed by atoms with E-state index in [1.165, 1.54) is 57.5 Å². The second-order valence-electron chi connectivity index (χ2n) is 5.67. The molecule has 1 fully saturated rings. The summed E-state index contributed by atoms with van der Waals surface area (Å²) in [5, 5.41) is 0. The highest BCUT2D eigenvalue weighted by atomic mass is 35.5. The molecule has 0 amide bonds. The Morgan fingerprint density at radius 2 is 2.05 bits per heavy atom. The van der Waals surface area contributed by atoms with Crippen molar-refractivity contribution in [1.29, 1.82) is 0 Å². The maximum Gasteiger partial charge on any atom is 0.0420 e. The third-order valence-electron chi connectivity index (χ3n) is 4.44. The van der Waals surface area contributed by atoms with Crippen LogP contribution in [0, 0.1) is 0 Å². The molecule has 2 aliphatic rings. The van der Waals surface area contributed by atoms with Crippen molar-refractivity contribution in [2.24, 2.45) is 0 Å². The Morgan fingerprint density at radius 3 is 2.89 bits per heavy atom. The summed E-state index contributed by atoms with van der Waals surface area (Å²) in [7, 11) is 0. The van der Waals surface area contributed by atoms with Crippen LogP contribution in [0.5, 0.6) is 0 Å². The topological polar surface area (TPSA) is 6.48 Å². The number of unbranched alkanes of at least 4 members (excludes halogenated alkanes) is 1. The van der Waals surface area contributed by atoms with Gasteiger partial charge in [0.25, 0.3) is 0 Å². The van der Waals surface area contributed by atoms with Crippen LogP contribution in [0.1, 0.15) is 31.7 Å². The third-order valence-corrected chi connectivity index (χ3v) is 4.44. The SMILES string of the molecule is CCCCN1CCN2c3ccccc3CCC2C1.Cl. The molecular formula is C16H25ClN2. The number of hydrogen-bond acceptors (Lipinski definition) is 2. The molecule has 0 aliphatic carbocycles. The predicted molar refractivity (Wildman–Crippen MR) is 84.5 cm³/mol. The molecule has 1 aromatic carbocycles. The molecule has 0 aromatic heterocycles. The molecule has 1 saturated heterocycles. The van der Waals surface area contributed by atoms with Gasteiger partial charge in [0.05, 0.1) is 0 Å². The highest BCUT2D eigenvalue weighted by molar-refractivity contribution is 5.85. The molecule has 1 atom stereocenters. The molecular weight excluding hydrogens is 256 g/mol. The van der Waals surface area contributed by atoms with Crippen molar-refractivity contribution in [2.75, 3.05) is 31.1 Å². The second-order valence-corrected chi connectivity index (χ2v) is 5.67. The maximum absolute atomic E-state index is 2.67. The Hall–Kier alpha value is -0.730. The largest absolute Gasteiger partial charge is 0.366 e. The van der Waals surface area contributed by atoms with E-state index >= 15 is 0 Å². The quantitative estimate of drug-likeness (QED) is 0.838. The van der Waals surface area contributed by atoms with E-state index in [0.29, 0.717) is 0 Å². The first kappa shape index (κ1) is 14.7. The molecule has 0 radical (unpaired) electrons. The molecule has 3 heteroatoms. The molecule has 19 heavy (non-hydrogen) atoms. The third kappa shape index (κ3) is 3.06. The van der Waals surface area contributed by atoms with Gasteiger partial charge in [-0.25, -0.2) is 0 Å². The first-order valence-electron chi connectivity index (χ1n) is 7.45. The Morgan fingerprint density at radius 1 is 1.21 bits per heavy atom. The minimum atomic E-state index is 0. The summed E-state index contributed by atoms with van der Waals surface area (Å²) in [5.41, 5.74) is 3.06. The zero-order valence-corrected chi connectivity index (χ0v) is 12.7. The van der Waals surface area contributed by atoms with E-state index in [-0.39, 0.29) is 12.4 Å². The van der Waals surface area contributed by atoms with E-state index in [1.54, 1.807) is 5.56 Å². The minimum Gasteiger partial charge on any atom is -0.366 e. The van der Waals surface area contributed by atoms with Crippen LogP contribution in [0.25, 0.3) is 0 Å². The van der Waals surface area contributed by atoms with Crippen molar-refractivity contribution in [1.82, 2.24) is 4.90 Å². The van der Waals surface area contributed by atoms with Crippen LogP contribution in [-0.2, 0) is 6.42 Å². The highest BCUT2D eigenvalue weighted by Gasteiger charge is 2.30. The molecule has 2 heterocycles. The van der Waals surface area contributed by atoms with E-state index in [2.05, 4.69) is 41.0 Å². The number of nitrogens with zero attached hydrogens (tertiary/aromatic N) is 2. The monoisotopic (exact) mass is 280 g/mol. The van der Waals surface area contributed by atoms with Crippen LogP contribution in [0.4, 0.5) is 5.69 Å². The van der Waals surface area contributed by atoms with Gasteiger partial charge >= 0.3 is 0 Å². The van der Waals surface area contributed by atoms with E-state index in [1.807, 2.05) is 0 Å². The molecule has 0 spiro atoms. The lowest BCUT2D eigenvalue weighted by Gasteiger charge is -2.46. The summed E-state index contributed by atoms with van der Waals surface area (Å²) in [6.07, 6.45) is 5.26. The average molecular weight is 281 g/mol. The lowest BCUT2D eigenvalue weighted by atomic mass is 9.94. The zero-order chi connectivity index (χ0) is 12.4. The normalized spacial score (nSPS) is 22.4. The molecule has 0 bridgehead atoms. The summed E-state index contributed by atoms with van der Waals surface area (Å²) >= 11 is 0. The van der Waals surface area contributed by atoms with E-state index in [0.717, 1.165) is 6.04 Å². The maximum atomic E-state index is 2.67. The number of halogens is 1. The van der Waals surface area contributed by atoms with Gasteiger partial charge in [-0.15, -0.1) is 12.4 Å². The number of rotatable bonds is 3. The average Bonchev–Trinajstić information content (AvgIpc) is 2.44. The van der Waals surface area contributed by atoms with Crippen LogP contribution >= 0.6 is 12.4 Å². The van der Waals surface area contributed by atoms with Gasteiger partial charge in [0, 0.05) is 31.4 Å². The summed E-state index contributed by atoms with van der Waals surface area (Å²) in [5.74, 6) is 0. The first-order chi connectivity index (χ1) is 8.88. The van der Waals surface area contributed by atoms with Crippen LogP contribution in [0.3, 0.4) is 0 Å². The van der Waals surface area contributed by atoms with Gasteiger partial charge in [-0.2, -0.15) is 0 Å². The lowest BCUT2D eigenvalue weighted by molar-refractivity contribution is 0.211. The Balaban J connectivity index is 0.00000133. The van der Waals surface area contributed by atoms with Gasteiger partial charge in [-0.05, 0) is 37.4 Å². The van der Waals surface area contributed by atoms with Crippen LogP contribution in [0.15, 0.2) is 24.3 Å². The fraction of sp³-hybridized carbons (Fsp3) is 0.625. The molecule has 1 unspecified atom stereocenters. The van der Waals surface area contributed by atoms with E-state index in [9.17, 15) is 0 Å². The van der Waals surface area contributed by atoms with Gasteiger partial charge in [0.1, 0.15) is 0 Å². The number of benzene rings is 1. The number of anilines is 1. The fourth-order valence-electron chi connectivity index (χ4n) is 3.39. The second kappa shape index (κ2) is 6.62. The van der Waals surface area contributed by atoms with Gasteiger partial charge in [0.2, 0.25) is 0 Å². The number of aryl methyl sites for hydroxylation is 1. The Labute approximate surface area is 123 Å². The summed E-state index contributed by atoms with van der Waals surface area (Å²) < 4.78 is 0. The van der Waals surface area contributed by atoms with Gasteiger partial charge < -0.3 is 4.90 Å². The number of para-hydroxylation sites is 1. The van der Waals surface area contributed by atoms with Crippen molar-refractivity contribution in [3.63, 3.8) is 0 Å². The predicted octanol–water partition coefficient (Wildman–Crippen LogP) is 3.35. The van der Waals surface area contributed by atoms with Crippen molar-refractivity contribution in [3.8, 4) is 0 Å². The van der Waals surface area contributed by atoms with Crippen molar-refractivity contribution in [2.45, 2.75) is 38.6 Å². The number of piperazine rings is 1. The summed E-state index contributed by atoms with van der Waals surface area (Å²) in [6.45, 7) is 7.31. The summed E-state index contributed by atoms with van der Waals surface area (Å²) in [4.78, 5) is 5.32. The Bertz CT molecular complexity index is 407. The van der Waals surface area contributed by atoms with Gasteiger partial charge in [-0.3, -0.25) is 4.90 Å². The molecule has 0 N–H and O–H groups in total. The Kier molecular flexibility index (Phi) is 5.12. The first-order valence-corrected chi connectivity index (χ1v) is 7.45. The smallest absolute Gasteiger partial charge is 0.0420 e. The molecule has 106 valence electrons. The van der Waals surface area contributed by atoms with E-state index < -0.39 is 0 Å². The molecule has 2 aliphatic heterocycles. The summed E-state index contributed by atoms with van der Waals surface area (Å²) in [6, 6.07) is 9.73. The van der Waals surface area contributed by atoms with Crippen molar-refractivity contribution < 1.29 is 0 Å². The van der Waals surface area contributed by atoms with Crippen LogP contribution in [-0.4, -0.2) is 37.1 Å².